The number of alkyl halides is 1. The van der Waals surface area contributed by atoms with Crippen LogP contribution in [0.4, 0.5) is 0 Å². The first-order valence-electron chi connectivity index (χ1n) is 4.81. The van der Waals surface area contributed by atoms with E-state index >= 15 is 0 Å². The van der Waals surface area contributed by atoms with Crippen molar-refractivity contribution in [3.8, 4) is 0 Å². The summed E-state index contributed by atoms with van der Waals surface area (Å²) in [5.41, 5.74) is 0.557. The first-order valence-corrected chi connectivity index (χ1v) is 6.32. The predicted molar refractivity (Wildman–Crippen MR) is 73.1 cm³/mol. The largest absolute Gasteiger partial charge is 0.468 e. The third-order valence-corrected chi connectivity index (χ3v) is 3.29. The van der Waals surface area contributed by atoms with E-state index in [1.165, 1.54) is 7.11 Å². The van der Waals surface area contributed by atoms with Gasteiger partial charge >= 0.3 is 5.97 Å². The van der Waals surface area contributed by atoms with Crippen LogP contribution in [0, 0.1) is 3.57 Å². The van der Waals surface area contributed by atoms with Gasteiger partial charge in [0, 0.05) is 10.1 Å². The number of rotatable bonds is 4. The molecule has 0 bridgehead atoms. The zero-order chi connectivity index (χ0) is 12.8. The highest BCUT2D eigenvalue weighted by Gasteiger charge is 2.17. The number of hydrogen-bond acceptors (Lipinski definition) is 3. The summed E-state index contributed by atoms with van der Waals surface area (Å²) < 4.78 is 5.29. The maximum Gasteiger partial charge on any atom is 0.325 e. The lowest BCUT2D eigenvalue weighted by atomic mass is 10.2. The van der Waals surface area contributed by atoms with E-state index in [-0.39, 0.29) is 12.5 Å². The molecular weight excluding hydrogens is 356 g/mol. The average Bonchev–Trinajstić information content (AvgIpc) is 2.35. The zero-order valence-corrected chi connectivity index (χ0v) is 12.0. The summed E-state index contributed by atoms with van der Waals surface area (Å²) in [7, 11) is 1.25. The van der Waals surface area contributed by atoms with Crippen molar-refractivity contribution >= 4 is 46.1 Å². The summed E-state index contributed by atoms with van der Waals surface area (Å²) in [4.78, 5) is 22.8. The van der Waals surface area contributed by atoms with E-state index in [2.05, 4.69) is 32.6 Å². The van der Waals surface area contributed by atoms with Crippen LogP contribution in [0.3, 0.4) is 0 Å². The van der Waals surface area contributed by atoms with Crippen molar-refractivity contribution in [2.45, 2.75) is 5.38 Å². The smallest absolute Gasteiger partial charge is 0.325 e. The molecular formula is C11H11ClINO3. The first kappa shape index (κ1) is 14.2. The minimum atomic E-state index is -0.870. The SMILES string of the molecule is COC(=O)C(Cl)CNC(=O)c1ccccc1I. The normalized spacial score (nSPS) is 11.7. The summed E-state index contributed by atoms with van der Waals surface area (Å²) in [6.07, 6.45) is 0. The Bertz CT molecular complexity index is 425. The van der Waals surface area contributed by atoms with Crippen molar-refractivity contribution in [3.05, 3.63) is 33.4 Å². The Morgan fingerprint density at radius 2 is 2.12 bits per heavy atom. The topological polar surface area (TPSA) is 55.4 Å². The Kier molecular flexibility index (Phi) is 5.70. The van der Waals surface area contributed by atoms with E-state index in [4.69, 9.17) is 11.6 Å². The van der Waals surface area contributed by atoms with Gasteiger partial charge in [0.05, 0.1) is 12.7 Å². The van der Waals surface area contributed by atoms with Gasteiger partial charge in [-0.1, -0.05) is 12.1 Å². The molecule has 1 atom stereocenters. The van der Waals surface area contributed by atoms with Crippen LogP contribution in [-0.2, 0) is 9.53 Å². The van der Waals surface area contributed by atoms with Crippen LogP contribution in [0.2, 0.25) is 0 Å². The van der Waals surface area contributed by atoms with Crippen LogP contribution < -0.4 is 5.32 Å². The van der Waals surface area contributed by atoms with Gasteiger partial charge in [-0.3, -0.25) is 9.59 Å². The number of carbonyl (C=O) groups is 2. The van der Waals surface area contributed by atoms with Crippen molar-refractivity contribution in [1.29, 1.82) is 0 Å². The first-order chi connectivity index (χ1) is 8.06. The summed E-state index contributed by atoms with van der Waals surface area (Å²) >= 11 is 7.78. The molecule has 0 fully saturated rings. The molecule has 0 aliphatic rings. The van der Waals surface area contributed by atoms with Crippen molar-refractivity contribution in [3.63, 3.8) is 0 Å². The molecule has 0 radical (unpaired) electrons. The summed E-state index contributed by atoms with van der Waals surface area (Å²) in [6.45, 7) is 0.0397. The second-order valence-electron chi connectivity index (χ2n) is 3.18. The van der Waals surface area contributed by atoms with Crippen molar-refractivity contribution in [2.75, 3.05) is 13.7 Å². The molecule has 1 N–H and O–H groups in total. The molecule has 0 aliphatic heterocycles. The number of hydrogen-bond donors (Lipinski definition) is 1. The molecule has 1 aromatic carbocycles. The van der Waals surface area contributed by atoms with Crippen LogP contribution in [-0.4, -0.2) is 30.9 Å². The molecule has 1 unspecified atom stereocenters. The second kappa shape index (κ2) is 6.80. The number of nitrogens with one attached hydrogen (secondary N) is 1. The number of methoxy groups -OCH3 is 1. The molecule has 1 amide bonds. The van der Waals surface area contributed by atoms with E-state index in [1.807, 2.05) is 12.1 Å². The Balaban J connectivity index is 2.57. The van der Waals surface area contributed by atoms with Crippen molar-refractivity contribution < 1.29 is 14.3 Å². The Morgan fingerprint density at radius 1 is 1.47 bits per heavy atom. The quantitative estimate of drug-likeness (QED) is 0.502. The van der Waals surface area contributed by atoms with E-state index in [1.54, 1.807) is 12.1 Å². The molecule has 4 nitrogen and oxygen atoms in total. The van der Waals surface area contributed by atoms with Gasteiger partial charge in [0.25, 0.3) is 5.91 Å². The molecule has 0 spiro atoms. The highest BCUT2D eigenvalue weighted by Crippen LogP contribution is 2.11. The summed E-state index contributed by atoms with van der Waals surface area (Å²) in [6, 6.07) is 7.15. The monoisotopic (exact) mass is 367 g/mol. The second-order valence-corrected chi connectivity index (χ2v) is 4.87. The summed E-state index contributed by atoms with van der Waals surface area (Å²) in [5.74, 6) is -0.820. The Labute approximate surface area is 118 Å². The standard InChI is InChI=1S/C11H11ClINO3/c1-17-11(16)8(12)6-14-10(15)7-4-2-3-5-9(7)13/h2-5,8H,6H2,1H3,(H,14,15). The Hall–Kier alpha value is -0.820. The molecule has 0 heterocycles. The summed E-state index contributed by atoms with van der Waals surface area (Å²) in [5, 5.41) is 1.71. The number of amides is 1. The van der Waals surface area contributed by atoms with E-state index in [0.29, 0.717) is 5.56 Å². The van der Waals surface area contributed by atoms with Gasteiger partial charge in [-0.2, -0.15) is 0 Å². The van der Waals surface area contributed by atoms with E-state index in [0.717, 1.165) is 3.57 Å². The molecule has 0 aromatic heterocycles. The third kappa shape index (κ3) is 4.16. The van der Waals surface area contributed by atoms with Gasteiger partial charge in [-0.25, -0.2) is 0 Å². The van der Waals surface area contributed by atoms with Gasteiger partial charge < -0.3 is 10.1 Å². The molecule has 1 rings (SSSR count). The molecule has 1 aromatic rings. The lowest BCUT2D eigenvalue weighted by molar-refractivity contribution is -0.140. The fraction of sp³-hybridized carbons (Fsp3) is 0.273. The van der Waals surface area contributed by atoms with Gasteiger partial charge in [-0.05, 0) is 34.7 Å². The van der Waals surface area contributed by atoms with Crippen LogP contribution in [0.15, 0.2) is 24.3 Å². The molecule has 0 saturated heterocycles. The highest BCUT2D eigenvalue weighted by molar-refractivity contribution is 14.1. The van der Waals surface area contributed by atoms with Gasteiger partial charge in [0.1, 0.15) is 5.38 Å². The molecule has 6 heteroatoms. The van der Waals surface area contributed by atoms with E-state index < -0.39 is 11.3 Å². The van der Waals surface area contributed by atoms with Crippen LogP contribution in [0.25, 0.3) is 0 Å². The number of ether oxygens (including phenoxy) is 1. The molecule has 0 aliphatic carbocycles. The molecule has 92 valence electrons. The fourth-order valence-electron chi connectivity index (χ4n) is 1.13. The maximum absolute atomic E-state index is 11.8. The van der Waals surface area contributed by atoms with Gasteiger partial charge in [0.15, 0.2) is 0 Å². The van der Waals surface area contributed by atoms with Crippen molar-refractivity contribution in [1.82, 2.24) is 5.32 Å². The predicted octanol–water partition coefficient (Wildman–Crippen LogP) is 1.80. The molecule has 17 heavy (non-hydrogen) atoms. The highest BCUT2D eigenvalue weighted by atomic mass is 127. The van der Waals surface area contributed by atoms with Gasteiger partial charge in [-0.15, -0.1) is 11.6 Å². The Morgan fingerprint density at radius 3 is 2.71 bits per heavy atom. The van der Waals surface area contributed by atoms with Crippen molar-refractivity contribution in [2.24, 2.45) is 0 Å². The van der Waals surface area contributed by atoms with Crippen LogP contribution >= 0.6 is 34.2 Å². The van der Waals surface area contributed by atoms with E-state index in [9.17, 15) is 9.59 Å². The van der Waals surface area contributed by atoms with Gasteiger partial charge in [0.2, 0.25) is 0 Å². The average molecular weight is 368 g/mol. The third-order valence-electron chi connectivity index (χ3n) is 2.02. The lowest BCUT2D eigenvalue weighted by Crippen LogP contribution is -2.34. The molecule has 0 saturated carbocycles. The van der Waals surface area contributed by atoms with Crippen LogP contribution in [0.1, 0.15) is 10.4 Å². The number of benzene rings is 1. The number of esters is 1. The van der Waals surface area contributed by atoms with Crippen LogP contribution in [0.5, 0.6) is 0 Å². The minimum Gasteiger partial charge on any atom is -0.468 e. The zero-order valence-electron chi connectivity index (χ0n) is 9.07. The number of halogens is 2. The number of carbonyl (C=O) groups excluding carboxylic acids is 2. The minimum absolute atomic E-state index is 0.0397. The fourth-order valence-corrected chi connectivity index (χ4v) is 1.93. The maximum atomic E-state index is 11.8. The lowest BCUT2D eigenvalue weighted by Gasteiger charge is -2.09.